The standard InChI is InChI=1S/C27H28Cl2N2O6S2/c1-17-26(32)22(24-4-2-14-30(24)38(34,35)20-10-6-18(28)7-11-20)16-23(27(17)33)25-5-3-15-31(25)39(36,37)21-12-8-19(29)9-13-21/h6-13,16,24-25,32-33H,2-5,14-15H2,1H3. The highest BCUT2D eigenvalue weighted by Crippen LogP contribution is 2.48. The van der Waals surface area contributed by atoms with Gasteiger partial charge in [-0.15, -0.1) is 0 Å². The van der Waals surface area contributed by atoms with E-state index in [1.165, 1.54) is 64.1 Å². The predicted octanol–water partition coefficient (Wildman–Crippen LogP) is 5.76. The maximum Gasteiger partial charge on any atom is 0.243 e. The number of phenolic OH excluding ortho intramolecular Hbond substituents is 2. The first-order valence-corrected chi connectivity index (χ1v) is 16.2. The van der Waals surface area contributed by atoms with Gasteiger partial charge in [0.25, 0.3) is 0 Å². The monoisotopic (exact) mass is 610 g/mol. The van der Waals surface area contributed by atoms with Gasteiger partial charge in [0.15, 0.2) is 0 Å². The molecule has 12 heteroatoms. The summed E-state index contributed by atoms with van der Waals surface area (Å²) in [6.45, 7) is 2.05. The van der Waals surface area contributed by atoms with Crippen molar-refractivity contribution >= 4 is 43.2 Å². The molecule has 5 rings (SSSR count). The lowest BCUT2D eigenvalue weighted by Gasteiger charge is -2.29. The van der Waals surface area contributed by atoms with Gasteiger partial charge in [-0.1, -0.05) is 23.2 Å². The Morgan fingerprint density at radius 2 is 1.05 bits per heavy atom. The molecule has 0 spiro atoms. The number of sulfonamides is 2. The van der Waals surface area contributed by atoms with Gasteiger partial charge in [-0.05, 0) is 87.2 Å². The van der Waals surface area contributed by atoms with E-state index in [9.17, 15) is 27.0 Å². The van der Waals surface area contributed by atoms with Crippen molar-refractivity contribution in [2.45, 2.75) is 54.5 Å². The topological polar surface area (TPSA) is 115 Å². The Hall–Kier alpha value is -2.34. The number of nitrogens with zero attached hydrogens (tertiary/aromatic N) is 2. The second kappa shape index (κ2) is 10.6. The minimum Gasteiger partial charge on any atom is -0.507 e. The molecular weight excluding hydrogens is 583 g/mol. The number of benzene rings is 3. The van der Waals surface area contributed by atoms with Gasteiger partial charge in [0, 0.05) is 39.8 Å². The number of rotatable bonds is 6. The minimum absolute atomic E-state index is 0.0880. The van der Waals surface area contributed by atoms with Crippen molar-refractivity contribution in [3.05, 3.63) is 81.3 Å². The van der Waals surface area contributed by atoms with Crippen molar-refractivity contribution in [3.8, 4) is 11.5 Å². The third kappa shape index (κ3) is 5.03. The number of aromatic hydroxyl groups is 2. The maximum atomic E-state index is 13.6. The molecule has 8 nitrogen and oxygen atoms in total. The van der Waals surface area contributed by atoms with Gasteiger partial charge >= 0.3 is 0 Å². The molecule has 2 aliphatic rings. The van der Waals surface area contributed by atoms with Crippen LogP contribution in [0.4, 0.5) is 0 Å². The van der Waals surface area contributed by atoms with Crippen molar-refractivity contribution in [1.82, 2.24) is 8.61 Å². The van der Waals surface area contributed by atoms with Crippen LogP contribution < -0.4 is 0 Å². The molecule has 2 atom stereocenters. The van der Waals surface area contributed by atoms with Crippen LogP contribution in [0.2, 0.25) is 10.0 Å². The SMILES string of the molecule is Cc1c(O)c(C2CCCN2S(=O)(=O)c2ccc(Cl)cc2)cc(C2CCCN2S(=O)(=O)c2ccc(Cl)cc2)c1O. The first-order chi connectivity index (χ1) is 18.4. The lowest BCUT2D eigenvalue weighted by Crippen LogP contribution is -2.32. The fourth-order valence-electron chi connectivity index (χ4n) is 5.52. The molecule has 0 bridgehead atoms. The molecule has 0 amide bonds. The highest BCUT2D eigenvalue weighted by molar-refractivity contribution is 7.89. The van der Waals surface area contributed by atoms with Crippen LogP contribution in [0, 0.1) is 6.92 Å². The zero-order valence-corrected chi connectivity index (χ0v) is 24.2. The van der Waals surface area contributed by atoms with Crippen LogP contribution >= 0.6 is 23.2 Å². The van der Waals surface area contributed by atoms with Crippen LogP contribution in [0.25, 0.3) is 0 Å². The Labute approximate surface area is 238 Å². The van der Waals surface area contributed by atoms with Crippen molar-refractivity contribution < 1.29 is 27.0 Å². The third-order valence-corrected chi connectivity index (χ3v) is 11.9. The van der Waals surface area contributed by atoms with Crippen molar-refractivity contribution in [3.63, 3.8) is 0 Å². The summed E-state index contributed by atoms with van der Waals surface area (Å²) in [7, 11) is -7.83. The van der Waals surface area contributed by atoms with Gasteiger partial charge in [0.05, 0.1) is 21.9 Å². The van der Waals surface area contributed by atoms with Crippen LogP contribution in [0.15, 0.2) is 64.4 Å². The Morgan fingerprint density at radius 3 is 1.41 bits per heavy atom. The highest BCUT2D eigenvalue weighted by atomic mass is 35.5. The van der Waals surface area contributed by atoms with E-state index in [4.69, 9.17) is 23.2 Å². The lowest BCUT2D eigenvalue weighted by atomic mass is 9.93. The van der Waals surface area contributed by atoms with E-state index in [1.807, 2.05) is 0 Å². The molecule has 3 aromatic rings. The molecule has 3 aromatic carbocycles. The number of halogens is 2. The summed E-state index contributed by atoms with van der Waals surface area (Å²) >= 11 is 11.9. The quantitative estimate of drug-likeness (QED) is 0.366. The molecule has 0 aromatic heterocycles. The molecule has 39 heavy (non-hydrogen) atoms. The first kappa shape index (κ1) is 28.2. The van der Waals surface area contributed by atoms with E-state index in [1.54, 1.807) is 6.07 Å². The second-order valence-electron chi connectivity index (χ2n) is 9.83. The zero-order valence-electron chi connectivity index (χ0n) is 21.1. The fourth-order valence-corrected chi connectivity index (χ4v) is 9.12. The molecule has 2 aliphatic heterocycles. The molecule has 2 N–H and O–H groups in total. The summed E-state index contributed by atoms with van der Waals surface area (Å²) in [5, 5.41) is 23.0. The van der Waals surface area contributed by atoms with Crippen molar-refractivity contribution in [2.24, 2.45) is 0 Å². The summed E-state index contributed by atoms with van der Waals surface area (Å²) in [5.41, 5.74) is 0.853. The van der Waals surface area contributed by atoms with Crippen LogP contribution in [0.3, 0.4) is 0 Å². The van der Waals surface area contributed by atoms with Gasteiger partial charge in [0.1, 0.15) is 11.5 Å². The zero-order chi connectivity index (χ0) is 28.1. The maximum absolute atomic E-state index is 13.6. The second-order valence-corrected chi connectivity index (χ2v) is 14.5. The van der Waals surface area contributed by atoms with E-state index < -0.39 is 32.1 Å². The Morgan fingerprint density at radius 1 is 0.692 bits per heavy atom. The summed E-state index contributed by atoms with van der Waals surface area (Å²) in [6, 6.07) is 12.0. The van der Waals surface area contributed by atoms with Crippen LogP contribution in [-0.4, -0.2) is 48.7 Å². The summed E-state index contributed by atoms with van der Waals surface area (Å²) in [4.78, 5) is 0.176. The molecule has 2 unspecified atom stereocenters. The van der Waals surface area contributed by atoms with E-state index >= 15 is 0 Å². The highest BCUT2D eigenvalue weighted by Gasteiger charge is 2.41. The van der Waals surface area contributed by atoms with Crippen molar-refractivity contribution in [2.75, 3.05) is 13.1 Å². The summed E-state index contributed by atoms with van der Waals surface area (Å²) < 4.78 is 56.9. The molecule has 0 saturated carbocycles. The lowest BCUT2D eigenvalue weighted by molar-refractivity contribution is 0.363. The van der Waals surface area contributed by atoms with Gasteiger partial charge in [-0.25, -0.2) is 16.8 Å². The molecular formula is C27H28Cl2N2O6S2. The Balaban J connectivity index is 1.56. The molecule has 0 aliphatic carbocycles. The Kier molecular flexibility index (Phi) is 7.64. The fraction of sp³-hybridized carbons (Fsp3) is 0.333. The molecule has 2 heterocycles. The van der Waals surface area contributed by atoms with Gasteiger partial charge in [0.2, 0.25) is 20.0 Å². The Bertz CT molecular complexity index is 1490. The van der Waals surface area contributed by atoms with Crippen LogP contribution in [0.1, 0.15) is 54.5 Å². The van der Waals surface area contributed by atoms with Gasteiger partial charge in [-0.2, -0.15) is 8.61 Å². The molecule has 2 saturated heterocycles. The van der Waals surface area contributed by atoms with E-state index in [-0.39, 0.29) is 39.9 Å². The number of phenols is 2. The third-order valence-electron chi connectivity index (χ3n) is 7.53. The minimum atomic E-state index is -3.91. The molecule has 208 valence electrons. The molecule has 0 radical (unpaired) electrons. The average molecular weight is 612 g/mol. The van der Waals surface area contributed by atoms with E-state index in [2.05, 4.69) is 0 Å². The smallest absolute Gasteiger partial charge is 0.243 e. The van der Waals surface area contributed by atoms with Gasteiger partial charge in [-0.3, -0.25) is 0 Å². The van der Waals surface area contributed by atoms with E-state index in [0.717, 1.165) is 0 Å². The van der Waals surface area contributed by atoms with Crippen LogP contribution in [-0.2, 0) is 20.0 Å². The van der Waals surface area contributed by atoms with Crippen LogP contribution in [0.5, 0.6) is 11.5 Å². The average Bonchev–Trinajstić information content (AvgIpc) is 3.59. The summed E-state index contributed by atoms with van der Waals surface area (Å²) in [6.07, 6.45) is 2.07. The van der Waals surface area contributed by atoms with Gasteiger partial charge < -0.3 is 10.2 Å². The largest absolute Gasteiger partial charge is 0.507 e. The number of hydrogen-bond acceptors (Lipinski definition) is 6. The van der Waals surface area contributed by atoms with E-state index in [0.29, 0.717) is 46.9 Å². The molecule has 2 fully saturated rings. The van der Waals surface area contributed by atoms with Crippen molar-refractivity contribution in [1.29, 1.82) is 0 Å². The summed E-state index contributed by atoms with van der Waals surface area (Å²) in [5.74, 6) is -0.408. The normalized spacial score (nSPS) is 21.0. The first-order valence-electron chi connectivity index (χ1n) is 12.5. The number of hydrogen-bond donors (Lipinski definition) is 2. The predicted molar refractivity (Wildman–Crippen MR) is 149 cm³/mol.